The molecule has 0 spiro atoms. The summed E-state index contributed by atoms with van der Waals surface area (Å²) in [6.07, 6.45) is 2.51. The fourth-order valence-electron chi connectivity index (χ4n) is 2.55. The van der Waals surface area contributed by atoms with Crippen molar-refractivity contribution in [3.05, 3.63) is 35.4 Å². The first-order valence-electron chi connectivity index (χ1n) is 6.86. The van der Waals surface area contributed by atoms with Gasteiger partial charge in [-0.25, -0.2) is 0 Å². The van der Waals surface area contributed by atoms with Gasteiger partial charge in [0, 0.05) is 19.7 Å². The van der Waals surface area contributed by atoms with Gasteiger partial charge in [-0.15, -0.1) is 0 Å². The van der Waals surface area contributed by atoms with Crippen LogP contribution in [-0.4, -0.2) is 25.3 Å². The van der Waals surface area contributed by atoms with Crippen LogP contribution in [0.3, 0.4) is 0 Å². The Morgan fingerprint density at radius 1 is 1.28 bits per heavy atom. The molecule has 1 aromatic rings. The molecule has 0 aromatic heterocycles. The molecule has 1 aliphatic rings. The Balaban J connectivity index is 1.79. The van der Waals surface area contributed by atoms with Crippen LogP contribution < -0.4 is 5.32 Å². The van der Waals surface area contributed by atoms with Gasteiger partial charge in [0.05, 0.1) is 5.60 Å². The minimum absolute atomic E-state index is 0.0618. The Morgan fingerprint density at radius 2 is 1.94 bits per heavy atom. The molecule has 2 heteroatoms. The Hall–Kier alpha value is -0.860. The molecule has 1 aromatic carbocycles. The quantitative estimate of drug-likeness (QED) is 0.862. The number of rotatable bonds is 5. The van der Waals surface area contributed by atoms with Gasteiger partial charge in [-0.1, -0.05) is 24.3 Å². The van der Waals surface area contributed by atoms with Crippen LogP contribution in [0.2, 0.25) is 0 Å². The van der Waals surface area contributed by atoms with Crippen molar-refractivity contribution in [2.45, 2.75) is 51.2 Å². The second kappa shape index (κ2) is 5.41. The summed E-state index contributed by atoms with van der Waals surface area (Å²) in [6, 6.07) is 9.41. The van der Waals surface area contributed by atoms with Crippen molar-refractivity contribution in [3.63, 3.8) is 0 Å². The van der Waals surface area contributed by atoms with E-state index in [1.165, 1.54) is 24.0 Å². The maximum atomic E-state index is 5.42. The first kappa shape index (κ1) is 13.6. The standard InChI is InChI=1S/C16H25NO/c1-12-7-5-6-8-15(12)13-9-14(10-13)17-11-16(2,3)18-4/h5-8,13-14,17H,9-11H2,1-4H3. The van der Waals surface area contributed by atoms with Gasteiger partial charge in [0.1, 0.15) is 0 Å². The van der Waals surface area contributed by atoms with Crippen LogP contribution in [-0.2, 0) is 4.74 Å². The number of ether oxygens (including phenoxy) is 1. The molecule has 0 unspecified atom stereocenters. The molecule has 18 heavy (non-hydrogen) atoms. The predicted molar refractivity (Wildman–Crippen MR) is 76.0 cm³/mol. The van der Waals surface area contributed by atoms with E-state index in [1.54, 1.807) is 7.11 Å². The minimum Gasteiger partial charge on any atom is -0.377 e. The zero-order valence-corrected chi connectivity index (χ0v) is 12.0. The van der Waals surface area contributed by atoms with E-state index in [1.807, 2.05) is 0 Å². The van der Waals surface area contributed by atoms with Crippen LogP contribution >= 0.6 is 0 Å². The average molecular weight is 247 g/mol. The van der Waals surface area contributed by atoms with Gasteiger partial charge in [0.2, 0.25) is 0 Å². The number of methoxy groups -OCH3 is 1. The van der Waals surface area contributed by atoms with E-state index in [-0.39, 0.29) is 5.60 Å². The van der Waals surface area contributed by atoms with E-state index < -0.39 is 0 Å². The van der Waals surface area contributed by atoms with Gasteiger partial charge in [-0.05, 0) is 50.7 Å². The maximum absolute atomic E-state index is 5.42. The van der Waals surface area contributed by atoms with Crippen LogP contribution in [0.25, 0.3) is 0 Å². The summed E-state index contributed by atoms with van der Waals surface area (Å²) in [7, 11) is 1.78. The number of nitrogens with one attached hydrogen (secondary N) is 1. The molecule has 0 aliphatic heterocycles. The SMILES string of the molecule is COC(C)(C)CNC1CC(c2ccccc2C)C1. The molecule has 1 fully saturated rings. The summed E-state index contributed by atoms with van der Waals surface area (Å²) in [5.41, 5.74) is 2.90. The second-order valence-electron chi connectivity index (χ2n) is 6.07. The van der Waals surface area contributed by atoms with Crippen LogP contribution in [0.5, 0.6) is 0 Å². The van der Waals surface area contributed by atoms with Crippen molar-refractivity contribution in [1.82, 2.24) is 5.32 Å². The van der Waals surface area contributed by atoms with E-state index in [9.17, 15) is 0 Å². The van der Waals surface area contributed by atoms with Gasteiger partial charge < -0.3 is 10.1 Å². The zero-order chi connectivity index (χ0) is 13.2. The third-order valence-corrected chi connectivity index (χ3v) is 4.14. The number of hydrogen-bond acceptors (Lipinski definition) is 2. The van der Waals surface area contributed by atoms with Crippen molar-refractivity contribution in [3.8, 4) is 0 Å². The number of aryl methyl sites for hydroxylation is 1. The van der Waals surface area contributed by atoms with E-state index in [2.05, 4.69) is 50.4 Å². The highest BCUT2D eigenvalue weighted by Crippen LogP contribution is 2.38. The molecule has 2 nitrogen and oxygen atoms in total. The summed E-state index contributed by atoms with van der Waals surface area (Å²) in [5.74, 6) is 0.745. The minimum atomic E-state index is -0.0618. The molecule has 2 rings (SSSR count). The summed E-state index contributed by atoms with van der Waals surface area (Å²) in [4.78, 5) is 0. The molecule has 1 saturated carbocycles. The van der Waals surface area contributed by atoms with Crippen molar-refractivity contribution < 1.29 is 4.74 Å². The lowest BCUT2D eigenvalue weighted by Gasteiger charge is -2.39. The van der Waals surface area contributed by atoms with Gasteiger partial charge in [-0.3, -0.25) is 0 Å². The first-order valence-corrected chi connectivity index (χ1v) is 6.86. The summed E-state index contributed by atoms with van der Waals surface area (Å²) < 4.78 is 5.42. The Morgan fingerprint density at radius 3 is 2.56 bits per heavy atom. The molecule has 0 heterocycles. The maximum Gasteiger partial charge on any atom is 0.0746 e. The predicted octanol–water partition coefficient (Wildman–Crippen LogP) is 3.26. The number of hydrogen-bond donors (Lipinski definition) is 1. The van der Waals surface area contributed by atoms with Crippen LogP contribution in [0, 0.1) is 6.92 Å². The second-order valence-corrected chi connectivity index (χ2v) is 6.07. The lowest BCUT2D eigenvalue weighted by molar-refractivity contribution is 0.0180. The number of benzene rings is 1. The largest absolute Gasteiger partial charge is 0.377 e. The summed E-state index contributed by atoms with van der Waals surface area (Å²) in [5, 5.41) is 3.60. The van der Waals surface area contributed by atoms with Crippen molar-refractivity contribution in [2.75, 3.05) is 13.7 Å². The summed E-state index contributed by atoms with van der Waals surface area (Å²) >= 11 is 0. The lowest BCUT2D eigenvalue weighted by Crippen LogP contribution is -2.47. The monoisotopic (exact) mass is 247 g/mol. The van der Waals surface area contributed by atoms with Gasteiger partial charge in [0.25, 0.3) is 0 Å². The molecule has 100 valence electrons. The van der Waals surface area contributed by atoms with Crippen LogP contribution in [0.15, 0.2) is 24.3 Å². The molecule has 0 amide bonds. The fraction of sp³-hybridized carbons (Fsp3) is 0.625. The average Bonchev–Trinajstić information content (AvgIpc) is 2.29. The molecule has 0 atom stereocenters. The molecule has 1 N–H and O–H groups in total. The molecular formula is C16H25NO. The Kier molecular flexibility index (Phi) is 4.08. The van der Waals surface area contributed by atoms with Crippen molar-refractivity contribution >= 4 is 0 Å². The third-order valence-electron chi connectivity index (χ3n) is 4.14. The molecule has 1 aliphatic carbocycles. The lowest BCUT2D eigenvalue weighted by atomic mass is 9.74. The highest BCUT2D eigenvalue weighted by atomic mass is 16.5. The van der Waals surface area contributed by atoms with Gasteiger partial charge in [-0.2, -0.15) is 0 Å². The molecule has 0 radical (unpaired) electrons. The van der Waals surface area contributed by atoms with E-state index in [4.69, 9.17) is 4.74 Å². The smallest absolute Gasteiger partial charge is 0.0746 e. The normalized spacial score (nSPS) is 23.8. The summed E-state index contributed by atoms with van der Waals surface area (Å²) in [6.45, 7) is 7.38. The fourth-order valence-corrected chi connectivity index (χ4v) is 2.55. The highest BCUT2D eigenvalue weighted by Gasteiger charge is 2.31. The zero-order valence-electron chi connectivity index (χ0n) is 12.0. The van der Waals surface area contributed by atoms with Crippen LogP contribution in [0.4, 0.5) is 0 Å². The molecule has 0 bridgehead atoms. The van der Waals surface area contributed by atoms with E-state index in [0.29, 0.717) is 6.04 Å². The van der Waals surface area contributed by atoms with Crippen LogP contribution in [0.1, 0.15) is 43.7 Å². The van der Waals surface area contributed by atoms with Crippen molar-refractivity contribution in [2.24, 2.45) is 0 Å². The molecular weight excluding hydrogens is 222 g/mol. The van der Waals surface area contributed by atoms with Gasteiger partial charge >= 0.3 is 0 Å². The Labute approximate surface area is 111 Å². The van der Waals surface area contributed by atoms with Gasteiger partial charge in [0.15, 0.2) is 0 Å². The first-order chi connectivity index (χ1) is 8.52. The highest BCUT2D eigenvalue weighted by molar-refractivity contribution is 5.31. The van der Waals surface area contributed by atoms with E-state index in [0.717, 1.165) is 12.5 Å². The Bertz CT molecular complexity index is 394. The molecule has 0 saturated heterocycles. The van der Waals surface area contributed by atoms with Crippen molar-refractivity contribution in [1.29, 1.82) is 0 Å². The van der Waals surface area contributed by atoms with E-state index >= 15 is 0 Å². The topological polar surface area (TPSA) is 21.3 Å². The third kappa shape index (κ3) is 3.12.